The van der Waals surface area contributed by atoms with Gasteiger partial charge in [0.05, 0.1) is 12.5 Å². The van der Waals surface area contributed by atoms with Crippen molar-refractivity contribution in [3.05, 3.63) is 90.0 Å². The van der Waals surface area contributed by atoms with Gasteiger partial charge in [-0.3, -0.25) is 9.59 Å². The van der Waals surface area contributed by atoms with Crippen molar-refractivity contribution < 1.29 is 14.0 Å². The van der Waals surface area contributed by atoms with E-state index < -0.39 is 0 Å². The van der Waals surface area contributed by atoms with Crippen LogP contribution in [0.4, 0.5) is 10.1 Å². The third-order valence-corrected chi connectivity index (χ3v) is 4.17. The number of rotatable bonds is 6. The highest BCUT2D eigenvalue weighted by Gasteiger charge is 2.18. The van der Waals surface area contributed by atoms with Gasteiger partial charge in [0.25, 0.3) is 0 Å². The summed E-state index contributed by atoms with van der Waals surface area (Å²) >= 11 is 0. The summed E-state index contributed by atoms with van der Waals surface area (Å²) in [7, 11) is 0. The number of halogens is 1. The fraction of sp³-hybridized carbons (Fsp3) is 0.143. The SMILES string of the molecule is CC(=O)c1ccc(NC(=O)C[C@@H](c2cccc(F)c2)n2cccc2)cc1. The Morgan fingerprint density at radius 1 is 1.04 bits per heavy atom. The minimum absolute atomic E-state index is 0.0262. The van der Waals surface area contributed by atoms with Gasteiger partial charge in [0.2, 0.25) is 5.91 Å². The summed E-state index contributed by atoms with van der Waals surface area (Å²) in [5.74, 6) is -0.551. The van der Waals surface area contributed by atoms with Gasteiger partial charge in [-0.2, -0.15) is 0 Å². The summed E-state index contributed by atoms with van der Waals surface area (Å²) in [5, 5.41) is 2.83. The lowest BCUT2D eigenvalue weighted by atomic mass is 10.0. The minimum Gasteiger partial charge on any atom is -0.346 e. The predicted octanol–water partition coefficient (Wildman–Crippen LogP) is 4.45. The Labute approximate surface area is 151 Å². The van der Waals surface area contributed by atoms with E-state index in [0.717, 1.165) is 5.56 Å². The molecule has 3 rings (SSSR count). The highest BCUT2D eigenvalue weighted by molar-refractivity contribution is 5.95. The zero-order chi connectivity index (χ0) is 18.5. The lowest BCUT2D eigenvalue weighted by Gasteiger charge is -2.19. The molecule has 1 aromatic heterocycles. The van der Waals surface area contributed by atoms with Crippen LogP contribution in [0.2, 0.25) is 0 Å². The number of nitrogens with one attached hydrogen (secondary N) is 1. The molecule has 0 aliphatic heterocycles. The van der Waals surface area contributed by atoms with Crippen LogP contribution in [0.3, 0.4) is 0 Å². The predicted molar refractivity (Wildman–Crippen MR) is 98.7 cm³/mol. The maximum Gasteiger partial charge on any atom is 0.226 e. The topological polar surface area (TPSA) is 51.1 Å². The molecule has 0 aliphatic rings. The molecule has 0 saturated carbocycles. The molecule has 0 unspecified atom stereocenters. The van der Waals surface area contributed by atoms with Gasteiger partial charge < -0.3 is 9.88 Å². The Bertz CT molecular complexity index is 902. The Kier molecular flexibility index (Phi) is 5.27. The maximum atomic E-state index is 13.6. The number of amides is 1. The van der Waals surface area contributed by atoms with Crippen LogP contribution in [0.5, 0.6) is 0 Å². The monoisotopic (exact) mass is 350 g/mol. The zero-order valence-electron chi connectivity index (χ0n) is 14.4. The molecule has 0 bridgehead atoms. The molecule has 2 aromatic carbocycles. The second kappa shape index (κ2) is 7.78. The maximum absolute atomic E-state index is 13.6. The molecular formula is C21H19FN2O2. The molecule has 1 heterocycles. The molecule has 0 aliphatic carbocycles. The van der Waals surface area contributed by atoms with Crippen molar-refractivity contribution in [2.75, 3.05) is 5.32 Å². The Balaban J connectivity index is 1.76. The lowest BCUT2D eigenvalue weighted by molar-refractivity contribution is -0.116. The molecule has 26 heavy (non-hydrogen) atoms. The van der Waals surface area contributed by atoms with E-state index in [4.69, 9.17) is 0 Å². The van der Waals surface area contributed by atoms with Gasteiger partial charge in [-0.05, 0) is 61.0 Å². The largest absolute Gasteiger partial charge is 0.346 e. The van der Waals surface area contributed by atoms with Crippen molar-refractivity contribution in [2.45, 2.75) is 19.4 Å². The highest BCUT2D eigenvalue weighted by atomic mass is 19.1. The number of ketones is 1. The van der Waals surface area contributed by atoms with Crippen LogP contribution in [0.1, 0.15) is 35.3 Å². The summed E-state index contributed by atoms with van der Waals surface area (Å²) in [5.41, 5.74) is 1.93. The van der Waals surface area contributed by atoms with Crippen LogP contribution in [-0.2, 0) is 4.79 Å². The van der Waals surface area contributed by atoms with Crippen LogP contribution in [0.25, 0.3) is 0 Å². The molecule has 1 atom stereocenters. The number of hydrogen-bond acceptors (Lipinski definition) is 2. The Morgan fingerprint density at radius 2 is 1.73 bits per heavy atom. The molecule has 0 spiro atoms. The van der Waals surface area contributed by atoms with E-state index in [2.05, 4.69) is 5.32 Å². The molecule has 0 fully saturated rings. The second-order valence-electron chi connectivity index (χ2n) is 6.09. The normalized spacial score (nSPS) is 11.8. The van der Waals surface area contributed by atoms with Gasteiger partial charge in [0, 0.05) is 23.6 Å². The molecule has 4 nitrogen and oxygen atoms in total. The van der Waals surface area contributed by atoms with Crippen molar-refractivity contribution >= 4 is 17.4 Å². The van der Waals surface area contributed by atoms with Crippen LogP contribution < -0.4 is 5.32 Å². The first-order valence-electron chi connectivity index (χ1n) is 8.32. The molecule has 0 radical (unpaired) electrons. The number of hydrogen-bond donors (Lipinski definition) is 1. The van der Waals surface area contributed by atoms with E-state index in [9.17, 15) is 14.0 Å². The van der Waals surface area contributed by atoms with E-state index in [1.165, 1.54) is 19.1 Å². The summed E-state index contributed by atoms with van der Waals surface area (Å²) < 4.78 is 15.5. The van der Waals surface area contributed by atoms with Gasteiger partial charge in [0.1, 0.15) is 5.82 Å². The first-order chi connectivity index (χ1) is 12.5. The summed E-state index contributed by atoms with van der Waals surface area (Å²) in [6, 6.07) is 16.4. The smallest absolute Gasteiger partial charge is 0.226 e. The average Bonchev–Trinajstić information content (AvgIpc) is 3.14. The third kappa shape index (κ3) is 4.25. The fourth-order valence-corrected chi connectivity index (χ4v) is 2.84. The minimum atomic E-state index is -0.333. The number of carbonyl (C=O) groups excluding carboxylic acids is 2. The summed E-state index contributed by atoms with van der Waals surface area (Å²) in [6.07, 6.45) is 3.86. The molecule has 132 valence electrons. The molecule has 1 amide bonds. The van der Waals surface area contributed by atoms with Crippen LogP contribution in [-0.4, -0.2) is 16.3 Å². The van der Waals surface area contributed by atoms with Gasteiger partial charge >= 0.3 is 0 Å². The van der Waals surface area contributed by atoms with Gasteiger partial charge in [-0.25, -0.2) is 4.39 Å². The van der Waals surface area contributed by atoms with Gasteiger partial charge in [-0.1, -0.05) is 12.1 Å². The molecule has 5 heteroatoms. The third-order valence-electron chi connectivity index (χ3n) is 4.17. The standard InChI is InChI=1S/C21H19FN2O2/c1-15(25)16-7-9-19(10-8-16)23-21(26)14-20(24-11-2-3-12-24)17-5-4-6-18(22)13-17/h2-13,20H,14H2,1H3,(H,23,26)/t20-/m0/s1. The number of Topliss-reactive ketones (excluding diaryl/α,β-unsaturated/α-hetero) is 1. The number of aromatic nitrogens is 1. The number of anilines is 1. The van der Waals surface area contributed by atoms with Crippen molar-refractivity contribution in [3.63, 3.8) is 0 Å². The number of benzene rings is 2. The van der Waals surface area contributed by atoms with Crippen LogP contribution in [0, 0.1) is 5.82 Å². The van der Waals surface area contributed by atoms with Crippen LogP contribution >= 0.6 is 0 Å². The van der Waals surface area contributed by atoms with Crippen molar-refractivity contribution in [2.24, 2.45) is 0 Å². The quantitative estimate of drug-likeness (QED) is 0.668. The van der Waals surface area contributed by atoms with Crippen molar-refractivity contribution in [1.29, 1.82) is 0 Å². The molecule has 3 aromatic rings. The summed E-state index contributed by atoms with van der Waals surface area (Å²) in [6.45, 7) is 1.49. The first kappa shape index (κ1) is 17.6. The lowest BCUT2D eigenvalue weighted by Crippen LogP contribution is -2.19. The fourth-order valence-electron chi connectivity index (χ4n) is 2.84. The molecule has 1 N–H and O–H groups in total. The van der Waals surface area contributed by atoms with E-state index in [0.29, 0.717) is 11.3 Å². The van der Waals surface area contributed by atoms with Gasteiger partial charge in [0.15, 0.2) is 5.78 Å². The Hall–Kier alpha value is -3.21. The second-order valence-corrected chi connectivity index (χ2v) is 6.09. The average molecular weight is 350 g/mol. The van der Waals surface area contributed by atoms with Crippen LogP contribution in [0.15, 0.2) is 73.1 Å². The van der Waals surface area contributed by atoms with E-state index in [1.54, 1.807) is 30.3 Å². The summed E-state index contributed by atoms with van der Waals surface area (Å²) in [4.78, 5) is 23.8. The van der Waals surface area contributed by atoms with E-state index in [-0.39, 0.29) is 30.0 Å². The van der Waals surface area contributed by atoms with E-state index >= 15 is 0 Å². The molecular weight excluding hydrogens is 331 g/mol. The van der Waals surface area contributed by atoms with E-state index in [1.807, 2.05) is 35.2 Å². The van der Waals surface area contributed by atoms with Crippen molar-refractivity contribution in [1.82, 2.24) is 4.57 Å². The number of carbonyl (C=O) groups is 2. The zero-order valence-corrected chi connectivity index (χ0v) is 14.4. The van der Waals surface area contributed by atoms with Crippen molar-refractivity contribution in [3.8, 4) is 0 Å². The molecule has 0 saturated heterocycles. The van der Waals surface area contributed by atoms with Gasteiger partial charge in [-0.15, -0.1) is 0 Å². The highest BCUT2D eigenvalue weighted by Crippen LogP contribution is 2.24. The Morgan fingerprint density at radius 3 is 2.35 bits per heavy atom. The number of nitrogens with zero attached hydrogens (tertiary/aromatic N) is 1. The first-order valence-corrected chi connectivity index (χ1v) is 8.32.